The zero-order valence-corrected chi connectivity index (χ0v) is 19.6. The van der Waals surface area contributed by atoms with Gasteiger partial charge in [-0.05, 0) is 60.5 Å². The topological polar surface area (TPSA) is 60.4 Å². The van der Waals surface area contributed by atoms with Crippen LogP contribution in [-0.2, 0) is 0 Å². The summed E-state index contributed by atoms with van der Waals surface area (Å²) in [6.45, 7) is 1.84. The van der Waals surface area contributed by atoms with Crippen LogP contribution < -0.4 is 5.63 Å². The van der Waals surface area contributed by atoms with Gasteiger partial charge in [0, 0.05) is 27.1 Å². The fourth-order valence-electron chi connectivity index (χ4n) is 3.78. The number of hydrogen-bond donors (Lipinski definition) is 0. The van der Waals surface area contributed by atoms with E-state index in [4.69, 9.17) is 32.0 Å². The molecule has 32 heavy (non-hydrogen) atoms. The summed E-state index contributed by atoms with van der Waals surface area (Å²) in [6.07, 6.45) is 0. The summed E-state index contributed by atoms with van der Waals surface area (Å²) in [4.78, 5) is 25.7. The van der Waals surface area contributed by atoms with Crippen molar-refractivity contribution in [3.8, 4) is 11.1 Å². The zero-order valence-electron chi connectivity index (χ0n) is 16.5. The van der Waals surface area contributed by atoms with Crippen molar-refractivity contribution in [1.29, 1.82) is 0 Å². The van der Waals surface area contributed by atoms with Crippen LogP contribution in [0.25, 0.3) is 33.1 Å². The maximum absolute atomic E-state index is 13.5. The van der Waals surface area contributed by atoms with Gasteiger partial charge in [0.15, 0.2) is 5.76 Å². The molecule has 0 aliphatic carbocycles. The quantitative estimate of drug-likeness (QED) is 0.177. The van der Waals surface area contributed by atoms with Gasteiger partial charge in [0.1, 0.15) is 11.2 Å². The van der Waals surface area contributed by atoms with Crippen molar-refractivity contribution in [3.63, 3.8) is 0 Å². The van der Waals surface area contributed by atoms with Gasteiger partial charge < -0.3 is 8.83 Å². The van der Waals surface area contributed by atoms with Gasteiger partial charge in [-0.25, -0.2) is 4.79 Å². The van der Waals surface area contributed by atoms with Crippen LogP contribution in [0.4, 0.5) is 0 Å². The Morgan fingerprint density at radius 3 is 2.38 bits per heavy atom. The number of hydrogen-bond acceptors (Lipinski definition) is 4. The lowest BCUT2D eigenvalue weighted by atomic mass is 9.96. The summed E-state index contributed by atoms with van der Waals surface area (Å²) in [6, 6.07) is 17.2. The summed E-state index contributed by atoms with van der Waals surface area (Å²) < 4.78 is 12.5. The molecule has 0 amide bonds. The van der Waals surface area contributed by atoms with Crippen LogP contribution in [0.1, 0.15) is 21.7 Å². The van der Waals surface area contributed by atoms with Crippen LogP contribution in [0.5, 0.6) is 0 Å². The van der Waals surface area contributed by atoms with Gasteiger partial charge in [-0.15, -0.1) is 0 Å². The van der Waals surface area contributed by atoms with Gasteiger partial charge in [-0.1, -0.05) is 51.3 Å². The molecule has 0 fully saturated rings. The second-order valence-corrected chi connectivity index (χ2v) is 9.06. The van der Waals surface area contributed by atoms with Crippen LogP contribution in [-0.4, -0.2) is 5.78 Å². The van der Waals surface area contributed by atoms with E-state index in [1.54, 1.807) is 18.2 Å². The number of ketones is 1. The first-order chi connectivity index (χ1) is 15.3. The standard InChI is InChI=1S/C25H13BrCl2O4/c1-12-10-20(29)32-24-16(12)7-9-19-22(24)21(13-2-5-15(26)6-3-13)25(31-19)23(30)14-4-8-17(27)18(28)11-14/h2-11H,1H3. The monoisotopic (exact) mass is 526 g/mol. The molecule has 0 aliphatic heterocycles. The number of halogens is 3. The molecular weight excluding hydrogens is 515 g/mol. The highest BCUT2D eigenvalue weighted by Crippen LogP contribution is 2.41. The Balaban J connectivity index is 1.88. The van der Waals surface area contributed by atoms with Gasteiger partial charge in [0.25, 0.3) is 0 Å². The van der Waals surface area contributed by atoms with Crippen molar-refractivity contribution >= 4 is 66.9 Å². The van der Waals surface area contributed by atoms with Gasteiger partial charge in [-0.3, -0.25) is 4.79 Å². The molecule has 0 N–H and O–H groups in total. The molecule has 4 nitrogen and oxygen atoms in total. The zero-order chi connectivity index (χ0) is 22.6. The van der Waals surface area contributed by atoms with Crippen molar-refractivity contribution in [2.45, 2.75) is 6.92 Å². The molecule has 2 heterocycles. The molecule has 0 aliphatic rings. The number of rotatable bonds is 3. The number of benzene rings is 3. The summed E-state index contributed by atoms with van der Waals surface area (Å²) >= 11 is 15.6. The second kappa shape index (κ2) is 7.93. The molecule has 5 aromatic rings. The molecule has 7 heteroatoms. The van der Waals surface area contributed by atoms with Crippen LogP contribution in [0.3, 0.4) is 0 Å². The molecule has 0 bridgehead atoms. The molecule has 0 radical (unpaired) electrons. The minimum absolute atomic E-state index is 0.123. The fraction of sp³-hybridized carbons (Fsp3) is 0.0400. The minimum Gasteiger partial charge on any atom is -0.452 e. The Morgan fingerprint density at radius 2 is 1.66 bits per heavy atom. The Hall–Kier alpha value is -2.86. The van der Waals surface area contributed by atoms with Crippen molar-refractivity contribution in [2.24, 2.45) is 0 Å². The minimum atomic E-state index is -0.470. The molecular formula is C25H13BrCl2O4. The van der Waals surface area contributed by atoms with E-state index < -0.39 is 5.63 Å². The van der Waals surface area contributed by atoms with E-state index in [0.717, 1.165) is 21.0 Å². The Bertz CT molecular complexity index is 1600. The summed E-state index contributed by atoms with van der Waals surface area (Å²) in [7, 11) is 0. The number of furan rings is 1. The first-order valence-electron chi connectivity index (χ1n) is 9.59. The lowest BCUT2D eigenvalue weighted by Crippen LogP contribution is -2.02. The largest absolute Gasteiger partial charge is 0.452 e. The third-order valence-corrected chi connectivity index (χ3v) is 6.56. The average Bonchev–Trinajstić information content (AvgIpc) is 3.15. The first-order valence-corrected chi connectivity index (χ1v) is 11.1. The highest BCUT2D eigenvalue weighted by Gasteiger charge is 2.26. The molecule has 5 rings (SSSR count). The van der Waals surface area contributed by atoms with Crippen molar-refractivity contribution in [3.05, 3.63) is 102 Å². The number of carbonyl (C=O) groups is 1. The highest BCUT2D eigenvalue weighted by molar-refractivity contribution is 9.10. The lowest BCUT2D eigenvalue weighted by molar-refractivity contribution is 0.101. The average molecular weight is 528 g/mol. The number of carbonyl (C=O) groups excluding carboxylic acids is 1. The molecule has 3 aromatic carbocycles. The first kappa shape index (κ1) is 21.0. The normalized spacial score (nSPS) is 11.4. The third kappa shape index (κ3) is 3.47. The molecule has 0 saturated heterocycles. The van der Waals surface area contributed by atoms with E-state index in [2.05, 4.69) is 15.9 Å². The Kier molecular flexibility index (Phi) is 5.20. The van der Waals surface area contributed by atoms with Crippen molar-refractivity contribution in [1.82, 2.24) is 0 Å². The van der Waals surface area contributed by atoms with Crippen LogP contribution in [0.2, 0.25) is 10.0 Å². The maximum atomic E-state index is 13.5. The molecule has 0 atom stereocenters. The van der Waals surface area contributed by atoms with E-state index in [-0.39, 0.29) is 16.6 Å². The maximum Gasteiger partial charge on any atom is 0.336 e. The van der Waals surface area contributed by atoms with E-state index in [0.29, 0.717) is 32.7 Å². The summed E-state index contributed by atoms with van der Waals surface area (Å²) in [5, 5.41) is 1.95. The van der Waals surface area contributed by atoms with Crippen LogP contribution in [0.15, 0.2) is 78.8 Å². The van der Waals surface area contributed by atoms with E-state index >= 15 is 0 Å². The molecule has 0 unspecified atom stereocenters. The van der Waals surface area contributed by atoms with E-state index in [1.807, 2.05) is 37.3 Å². The predicted octanol–water partition coefficient (Wildman–Crippen LogP) is 7.81. The van der Waals surface area contributed by atoms with Gasteiger partial charge in [-0.2, -0.15) is 0 Å². The van der Waals surface area contributed by atoms with E-state index in [9.17, 15) is 9.59 Å². The summed E-state index contributed by atoms with van der Waals surface area (Å²) in [5.41, 5.74) is 2.74. The van der Waals surface area contributed by atoms with E-state index in [1.165, 1.54) is 12.1 Å². The smallest absolute Gasteiger partial charge is 0.336 e. The van der Waals surface area contributed by atoms with Gasteiger partial charge in [0.2, 0.25) is 5.78 Å². The van der Waals surface area contributed by atoms with Crippen molar-refractivity contribution in [2.75, 3.05) is 0 Å². The SMILES string of the molecule is Cc1cc(=O)oc2c1ccc1oc(C(=O)c3ccc(Cl)c(Cl)c3)c(-c3ccc(Br)cc3)c12. The second-order valence-electron chi connectivity index (χ2n) is 7.33. The lowest BCUT2D eigenvalue weighted by Gasteiger charge is -2.06. The number of aryl methyl sites for hydroxylation is 1. The predicted molar refractivity (Wildman–Crippen MR) is 130 cm³/mol. The third-order valence-electron chi connectivity index (χ3n) is 5.29. The Labute approximate surface area is 200 Å². The molecule has 158 valence electrons. The van der Waals surface area contributed by atoms with Crippen molar-refractivity contribution < 1.29 is 13.6 Å². The van der Waals surface area contributed by atoms with Gasteiger partial charge >= 0.3 is 5.63 Å². The molecule has 0 spiro atoms. The van der Waals surface area contributed by atoms with Gasteiger partial charge in [0.05, 0.1) is 15.4 Å². The number of fused-ring (bicyclic) bond motifs is 3. The Morgan fingerprint density at radius 1 is 0.906 bits per heavy atom. The molecule has 2 aromatic heterocycles. The van der Waals surface area contributed by atoms with Crippen LogP contribution >= 0.6 is 39.1 Å². The molecule has 0 saturated carbocycles. The highest BCUT2D eigenvalue weighted by atomic mass is 79.9. The fourth-order valence-corrected chi connectivity index (χ4v) is 4.34. The van der Waals surface area contributed by atoms with Crippen LogP contribution in [0, 0.1) is 6.92 Å². The summed E-state index contributed by atoms with van der Waals surface area (Å²) in [5.74, 6) is -0.238.